The van der Waals surface area contributed by atoms with Crippen molar-refractivity contribution in [1.82, 2.24) is 34.5 Å². The molecule has 1 atom stereocenters. The first kappa shape index (κ1) is 27.8. The van der Waals surface area contributed by atoms with Crippen molar-refractivity contribution in [1.29, 1.82) is 0 Å². The van der Waals surface area contributed by atoms with Crippen molar-refractivity contribution in [3.63, 3.8) is 0 Å². The van der Waals surface area contributed by atoms with E-state index in [1.807, 2.05) is 13.8 Å². The third-order valence-corrected chi connectivity index (χ3v) is 9.18. The molecule has 0 amide bonds. The van der Waals surface area contributed by atoms with Crippen molar-refractivity contribution >= 4 is 26.8 Å². The van der Waals surface area contributed by atoms with Crippen LogP contribution in [0.25, 0.3) is 22.6 Å². The molecule has 1 unspecified atom stereocenters. The normalized spacial score (nSPS) is 14.6. The van der Waals surface area contributed by atoms with Gasteiger partial charge < -0.3 is 5.32 Å². The van der Waals surface area contributed by atoms with Gasteiger partial charge in [0.2, 0.25) is 0 Å². The van der Waals surface area contributed by atoms with Gasteiger partial charge in [-0.15, -0.1) is 0 Å². The van der Waals surface area contributed by atoms with Crippen molar-refractivity contribution in [2.24, 2.45) is 5.92 Å². The zero-order valence-electron chi connectivity index (χ0n) is 23.4. The molecule has 1 fully saturated rings. The van der Waals surface area contributed by atoms with Crippen molar-refractivity contribution in [3.8, 4) is 11.4 Å². The molecule has 11 nitrogen and oxygen atoms in total. The molecule has 12 heteroatoms. The van der Waals surface area contributed by atoms with Gasteiger partial charge in [-0.1, -0.05) is 27.7 Å². The van der Waals surface area contributed by atoms with Gasteiger partial charge in [-0.25, -0.2) is 33.3 Å². The third-order valence-electron chi connectivity index (χ3n) is 7.46. The first-order valence-corrected chi connectivity index (χ1v) is 15.3. The lowest BCUT2D eigenvalue weighted by molar-refractivity contribution is 0.406. The van der Waals surface area contributed by atoms with Crippen LogP contribution in [-0.2, 0) is 22.8 Å². The van der Waals surface area contributed by atoms with Crippen LogP contribution in [-0.4, -0.2) is 48.6 Å². The summed E-state index contributed by atoms with van der Waals surface area (Å²) in [6.07, 6.45) is 7.48. The fourth-order valence-electron chi connectivity index (χ4n) is 4.57. The van der Waals surface area contributed by atoms with Gasteiger partial charge in [0.25, 0.3) is 5.56 Å². The van der Waals surface area contributed by atoms with Crippen molar-refractivity contribution in [2.45, 2.75) is 77.3 Å². The number of nitrogens with one attached hydrogen (secondary N) is 1. The lowest BCUT2D eigenvalue weighted by atomic mass is 10.1. The van der Waals surface area contributed by atoms with Gasteiger partial charge in [-0.3, -0.25) is 14.3 Å². The van der Waals surface area contributed by atoms with E-state index in [4.69, 9.17) is 4.98 Å². The van der Waals surface area contributed by atoms with Crippen LogP contribution in [0, 0.1) is 5.92 Å². The van der Waals surface area contributed by atoms with Crippen molar-refractivity contribution in [3.05, 3.63) is 58.3 Å². The summed E-state index contributed by atoms with van der Waals surface area (Å²) in [6.45, 7) is 9.93. The molecule has 0 bridgehead atoms. The maximum Gasteiger partial charge on any atom is 0.295 e. The zero-order chi connectivity index (χ0) is 28.6. The van der Waals surface area contributed by atoms with Gasteiger partial charge in [0, 0.05) is 18.2 Å². The number of rotatable bonds is 10. The molecule has 5 rings (SSSR count). The molecule has 1 aliphatic carbocycles. The van der Waals surface area contributed by atoms with E-state index >= 15 is 0 Å². The minimum Gasteiger partial charge on any atom is -0.360 e. The molecule has 0 spiro atoms. The first-order chi connectivity index (χ1) is 19.1. The van der Waals surface area contributed by atoms with Crippen LogP contribution in [0.4, 0.5) is 5.82 Å². The minimum absolute atomic E-state index is 0.00357. The lowest BCUT2D eigenvalue weighted by Crippen LogP contribution is -2.30. The molecule has 4 aromatic rings. The van der Waals surface area contributed by atoms with E-state index in [0.29, 0.717) is 35.0 Å². The van der Waals surface area contributed by atoms with Crippen LogP contribution in [0.1, 0.15) is 76.5 Å². The Morgan fingerprint density at radius 1 is 1.02 bits per heavy atom. The molecule has 1 N–H and O–H groups in total. The molecule has 4 heterocycles. The summed E-state index contributed by atoms with van der Waals surface area (Å²) in [5.41, 5.74) is 3.93. The smallest absolute Gasteiger partial charge is 0.295 e. The van der Waals surface area contributed by atoms with Crippen LogP contribution < -0.4 is 10.9 Å². The number of hydrogen-bond acceptors (Lipinski definition) is 10. The second-order valence-corrected chi connectivity index (χ2v) is 12.8. The molecule has 1 aliphatic rings. The van der Waals surface area contributed by atoms with E-state index in [0.717, 1.165) is 29.8 Å². The van der Waals surface area contributed by atoms with E-state index in [2.05, 4.69) is 44.1 Å². The van der Waals surface area contributed by atoms with Crippen LogP contribution in [0.5, 0.6) is 0 Å². The van der Waals surface area contributed by atoms with E-state index in [-0.39, 0.29) is 40.5 Å². The average Bonchev–Trinajstić information content (AvgIpc) is 3.81. The molecule has 1 saturated carbocycles. The second-order valence-electron chi connectivity index (χ2n) is 10.5. The Morgan fingerprint density at radius 2 is 1.80 bits per heavy atom. The number of aryl methyl sites for hydroxylation is 1. The maximum absolute atomic E-state index is 13.8. The average molecular weight is 563 g/mol. The van der Waals surface area contributed by atoms with Gasteiger partial charge >= 0.3 is 0 Å². The predicted molar refractivity (Wildman–Crippen MR) is 153 cm³/mol. The number of anilines is 1. The van der Waals surface area contributed by atoms with Crippen molar-refractivity contribution < 1.29 is 8.42 Å². The van der Waals surface area contributed by atoms with Crippen LogP contribution in [0.2, 0.25) is 0 Å². The number of nitrogens with zero attached hydrogens (tertiary/aromatic N) is 7. The molecule has 210 valence electrons. The van der Waals surface area contributed by atoms with Gasteiger partial charge in [-0.05, 0) is 44.2 Å². The Kier molecular flexibility index (Phi) is 7.63. The maximum atomic E-state index is 13.8. The number of hydrogen-bond donors (Lipinski definition) is 1. The fraction of sp³-hybridized carbons (Fsp3) is 0.464. The van der Waals surface area contributed by atoms with E-state index in [9.17, 15) is 13.2 Å². The van der Waals surface area contributed by atoms with E-state index in [1.165, 1.54) is 12.3 Å². The lowest BCUT2D eigenvalue weighted by Gasteiger charge is -2.22. The highest BCUT2D eigenvalue weighted by atomic mass is 32.2. The summed E-state index contributed by atoms with van der Waals surface area (Å²) in [5, 5.41) is 3.09. The number of pyridine rings is 1. The SMILES string of the molecule is CCc1ncnc(C2CC2)c1-c1ncc2nc(NCc3ccc(S(=O)(=O)CC)cn3)c(=O)n(C(C)C(C)C)c2n1. The molecule has 0 saturated heterocycles. The predicted octanol–water partition coefficient (Wildman–Crippen LogP) is 4.10. The van der Waals surface area contributed by atoms with Gasteiger partial charge in [0.05, 0.1) is 46.0 Å². The second kappa shape index (κ2) is 11.0. The largest absolute Gasteiger partial charge is 0.360 e. The summed E-state index contributed by atoms with van der Waals surface area (Å²) in [7, 11) is -3.34. The Bertz CT molecular complexity index is 1710. The summed E-state index contributed by atoms with van der Waals surface area (Å²) in [5.74, 6) is 1.19. The van der Waals surface area contributed by atoms with E-state index < -0.39 is 9.84 Å². The highest BCUT2D eigenvalue weighted by Gasteiger charge is 2.31. The fourth-order valence-corrected chi connectivity index (χ4v) is 5.39. The monoisotopic (exact) mass is 562 g/mol. The molecule has 0 radical (unpaired) electrons. The molecule has 40 heavy (non-hydrogen) atoms. The minimum atomic E-state index is -3.34. The first-order valence-electron chi connectivity index (χ1n) is 13.7. The molecule has 0 aromatic carbocycles. The molecule has 4 aromatic heterocycles. The standard InChI is InChI=1S/C28H34N8O3S/c1-6-21-23(24(18-8-9-18)33-15-32-21)25-31-14-22-27(35-25)36(17(5)16(3)4)28(37)26(34-22)30-12-19-10-11-20(13-29-19)40(38,39)7-2/h10-11,13-18H,6-9,12H2,1-5H3,(H,30,34). The Morgan fingerprint density at radius 3 is 2.42 bits per heavy atom. The summed E-state index contributed by atoms with van der Waals surface area (Å²) >= 11 is 0. The number of sulfone groups is 1. The molecular formula is C28H34N8O3S. The zero-order valence-corrected chi connectivity index (χ0v) is 24.2. The Hall–Kier alpha value is -3.80. The highest BCUT2D eigenvalue weighted by Crippen LogP contribution is 2.43. The topological polar surface area (TPSA) is 146 Å². The van der Waals surface area contributed by atoms with Gasteiger partial charge in [0.15, 0.2) is 27.1 Å². The Balaban J connectivity index is 1.56. The van der Waals surface area contributed by atoms with Crippen LogP contribution >= 0.6 is 0 Å². The van der Waals surface area contributed by atoms with Crippen molar-refractivity contribution in [2.75, 3.05) is 11.1 Å². The summed E-state index contributed by atoms with van der Waals surface area (Å²) in [6, 6.07) is 2.99. The number of fused-ring (bicyclic) bond motifs is 1. The summed E-state index contributed by atoms with van der Waals surface area (Å²) < 4.78 is 25.9. The van der Waals surface area contributed by atoms with Gasteiger partial charge in [-0.2, -0.15) is 0 Å². The molecular weight excluding hydrogens is 528 g/mol. The van der Waals surface area contributed by atoms with E-state index in [1.54, 1.807) is 30.1 Å². The van der Waals surface area contributed by atoms with Gasteiger partial charge in [0.1, 0.15) is 11.8 Å². The van der Waals surface area contributed by atoms with Crippen LogP contribution in [0.15, 0.2) is 40.5 Å². The Labute approximate surface area is 233 Å². The summed E-state index contributed by atoms with van der Waals surface area (Å²) in [4.78, 5) is 41.4. The molecule has 0 aliphatic heterocycles. The highest BCUT2D eigenvalue weighted by molar-refractivity contribution is 7.91. The third kappa shape index (κ3) is 5.32. The number of aromatic nitrogens is 7. The van der Waals surface area contributed by atoms with Crippen LogP contribution in [0.3, 0.4) is 0 Å². The quantitative estimate of drug-likeness (QED) is 0.300.